The number of methoxy groups -OCH3 is 1. The minimum absolute atomic E-state index is 0.103. The Labute approximate surface area is 147 Å². The second kappa shape index (κ2) is 8.12. The molecule has 1 aliphatic rings. The van der Waals surface area contributed by atoms with Crippen molar-refractivity contribution in [2.24, 2.45) is 0 Å². The van der Waals surface area contributed by atoms with Gasteiger partial charge in [0, 0.05) is 12.1 Å². The molecule has 1 N–H and O–H groups in total. The molecule has 132 valence electrons. The Bertz CT molecular complexity index is 712. The Hall–Kier alpha value is -2.40. The lowest BCUT2D eigenvalue weighted by molar-refractivity contribution is 0.0937. The molecule has 25 heavy (non-hydrogen) atoms. The lowest BCUT2D eigenvalue weighted by Crippen LogP contribution is -2.36. The second-order valence-electron chi connectivity index (χ2n) is 6.25. The summed E-state index contributed by atoms with van der Waals surface area (Å²) in [6.07, 6.45) is 2.34. The molecule has 4 nitrogen and oxygen atoms in total. The van der Waals surface area contributed by atoms with Gasteiger partial charge in [-0.2, -0.15) is 0 Å². The molecular formula is C20H23FN2O2. The summed E-state index contributed by atoms with van der Waals surface area (Å²) in [5, 5.41) is 2.95. The van der Waals surface area contributed by atoms with Gasteiger partial charge in [0.1, 0.15) is 11.6 Å². The molecule has 0 aliphatic carbocycles. The smallest absolute Gasteiger partial charge is 0.251 e. The van der Waals surface area contributed by atoms with E-state index in [4.69, 9.17) is 4.74 Å². The van der Waals surface area contributed by atoms with E-state index in [1.807, 2.05) is 24.3 Å². The zero-order valence-corrected chi connectivity index (χ0v) is 14.4. The van der Waals surface area contributed by atoms with Gasteiger partial charge in [0.15, 0.2) is 0 Å². The van der Waals surface area contributed by atoms with Crippen LogP contribution in [-0.2, 0) is 0 Å². The van der Waals surface area contributed by atoms with Crippen LogP contribution in [0.2, 0.25) is 0 Å². The largest absolute Gasteiger partial charge is 0.497 e. The van der Waals surface area contributed by atoms with Gasteiger partial charge in [-0.1, -0.05) is 18.2 Å². The van der Waals surface area contributed by atoms with Crippen LogP contribution in [0.5, 0.6) is 5.75 Å². The van der Waals surface area contributed by atoms with Gasteiger partial charge in [-0.05, 0) is 61.8 Å². The molecule has 5 heteroatoms. The average Bonchev–Trinajstić information content (AvgIpc) is 3.16. The van der Waals surface area contributed by atoms with Crippen molar-refractivity contribution in [3.8, 4) is 5.75 Å². The highest BCUT2D eigenvalue weighted by molar-refractivity contribution is 5.94. The van der Waals surface area contributed by atoms with Crippen LogP contribution in [0.4, 0.5) is 4.39 Å². The van der Waals surface area contributed by atoms with Gasteiger partial charge in [0.05, 0.1) is 13.2 Å². The molecule has 1 amide bonds. The van der Waals surface area contributed by atoms with Crippen LogP contribution >= 0.6 is 0 Å². The van der Waals surface area contributed by atoms with Crippen molar-refractivity contribution in [2.45, 2.75) is 18.9 Å². The quantitative estimate of drug-likeness (QED) is 0.875. The van der Waals surface area contributed by atoms with Crippen molar-refractivity contribution in [3.05, 3.63) is 65.5 Å². The van der Waals surface area contributed by atoms with Gasteiger partial charge in [-0.3, -0.25) is 9.69 Å². The Balaban J connectivity index is 1.72. The van der Waals surface area contributed by atoms with Gasteiger partial charge in [-0.15, -0.1) is 0 Å². The maximum Gasteiger partial charge on any atom is 0.251 e. The van der Waals surface area contributed by atoms with E-state index in [2.05, 4.69) is 10.2 Å². The molecule has 0 aromatic heterocycles. The van der Waals surface area contributed by atoms with Crippen LogP contribution in [0.1, 0.15) is 34.8 Å². The summed E-state index contributed by atoms with van der Waals surface area (Å²) in [6.45, 7) is 2.53. The zero-order valence-electron chi connectivity index (χ0n) is 14.4. The summed E-state index contributed by atoms with van der Waals surface area (Å²) in [4.78, 5) is 14.7. The number of rotatable bonds is 6. The Kier molecular flexibility index (Phi) is 5.66. The number of carbonyl (C=O) groups excluding carboxylic acids is 1. The van der Waals surface area contributed by atoms with Crippen LogP contribution in [0.25, 0.3) is 0 Å². The highest BCUT2D eigenvalue weighted by Gasteiger charge is 2.24. The maximum absolute atomic E-state index is 13.3. The van der Waals surface area contributed by atoms with Crippen LogP contribution in [0.15, 0.2) is 48.5 Å². The first kappa shape index (κ1) is 17.4. The summed E-state index contributed by atoms with van der Waals surface area (Å²) in [5.41, 5.74) is 1.48. The van der Waals surface area contributed by atoms with E-state index in [-0.39, 0.29) is 11.9 Å². The van der Waals surface area contributed by atoms with Crippen LogP contribution in [0, 0.1) is 5.82 Å². The third kappa shape index (κ3) is 4.37. The van der Waals surface area contributed by atoms with Crippen molar-refractivity contribution < 1.29 is 13.9 Å². The maximum atomic E-state index is 13.3. The predicted octanol–water partition coefficient (Wildman–Crippen LogP) is 3.40. The number of hydrogen-bond donors (Lipinski definition) is 1. The van der Waals surface area contributed by atoms with Gasteiger partial charge >= 0.3 is 0 Å². The number of nitrogens with zero attached hydrogens (tertiary/aromatic N) is 1. The number of benzene rings is 2. The molecule has 2 aromatic rings. The number of likely N-dealkylation sites (tertiary alicyclic amines) is 1. The molecule has 0 bridgehead atoms. The number of nitrogens with one attached hydrogen (secondary N) is 1. The minimum Gasteiger partial charge on any atom is -0.497 e. The summed E-state index contributed by atoms with van der Waals surface area (Å²) in [7, 11) is 1.65. The summed E-state index contributed by atoms with van der Waals surface area (Å²) >= 11 is 0. The number of halogens is 1. The first-order chi connectivity index (χ1) is 12.2. The predicted molar refractivity (Wildman–Crippen MR) is 95.3 cm³/mol. The molecule has 2 aromatic carbocycles. The zero-order chi connectivity index (χ0) is 17.6. The molecule has 0 spiro atoms. The molecular weight excluding hydrogens is 319 g/mol. The third-order valence-electron chi connectivity index (χ3n) is 4.62. The normalized spacial score (nSPS) is 15.8. The van der Waals surface area contributed by atoms with Crippen LogP contribution < -0.4 is 10.1 Å². The van der Waals surface area contributed by atoms with Gasteiger partial charge < -0.3 is 10.1 Å². The van der Waals surface area contributed by atoms with Crippen molar-refractivity contribution >= 4 is 5.91 Å². The number of hydrogen-bond acceptors (Lipinski definition) is 3. The van der Waals surface area contributed by atoms with E-state index >= 15 is 0 Å². The lowest BCUT2D eigenvalue weighted by atomic mass is 10.0. The standard InChI is InChI=1S/C20H23FN2O2/c1-25-18-9-7-15(8-10-18)19(23-11-2-3-12-23)14-22-20(24)16-5-4-6-17(21)13-16/h4-10,13,19H,2-3,11-12,14H2,1H3,(H,22,24). The molecule has 1 atom stereocenters. The Morgan fingerprint density at radius 1 is 1.20 bits per heavy atom. The van der Waals surface area contributed by atoms with E-state index in [1.54, 1.807) is 19.2 Å². The Morgan fingerprint density at radius 3 is 2.56 bits per heavy atom. The molecule has 1 unspecified atom stereocenters. The van der Waals surface area contributed by atoms with E-state index in [0.29, 0.717) is 12.1 Å². The van der Waals surface area contributed by atoms with Gasteiger partial charge in [-0.25, -0.2) is 4.39 Å². The van der Waals surface area contributed by atoms with Gasteiger partial charge in [0.2, 0.25) is 0 Å². The molecule has 1 saturated heterocycles. The van der Waals surface area contributed by atoms with E-state index in [0.717, 1.165) is 24.4 Å². The second-order valence-corrected chi connectivity index (χ2v) is 6.25. The molecule has 3 rings (SSSR count). The number of ether oxygens (including phenoxy) is 1. The van der Waals surface area contributed by atoms with Crippen molar-refractivity contribution in [1.29, 1.82) is 0 Å². The summed E-state index contributed by atoms with van der Waals surface area (Å²) < 4.78 is 18.5. The van der Waals surface area contributed by atoms with E-state index in [1.165, 1.54) is 25.0 Å². The fourth-order valence-electron chi connectivity index (χ4n) is 3.26. The topological polar surface area (TPSA) is 41.6 Å². The average molecular weight is 342 g/mol. The SMILES string of the molecule is COc1ccc(C(CNC(=O)c2cccc(F)c2)N2CCCC2)cc1. The molecule has 1 heterocycles. The first-order valence-electron chi connectivity index (χ1n) is 8.59. The van der Waals surface area contributed by atoms with Crippen molar-refractivity contribution in [2.75, 3.05) is 26.7 Å². The molecule has 1 fully saturated rings. The Morgan fingerprint density at radius 2 is 1.92 bits per heavy atom. The number of amides is 1. The number of carbonyl (C=O) groups is 1. The molecule has 1 aliphatic heterocycles. The van der Waals surface area contributed by atoms with Crippen LogP contribution in [0.3, 0.4) is 0 Å². The van der Waals surface area contributed by atoms with E-state index < -0.39 is 5.82 Å². The van der Waals surface area contributed by atoms with Crippen molar-refractivity contribution in [1.82, 2.24) is 10.2 Å². The van der Waals surface area contributed by atoms with E-state index in [9.17, 15) is 9.18 Å². The highest BCUT2D eigenvalue weighted by Crippen LogP contribution is 2.26. The van der Waals surface area contributed by atoms with Crippen molar-refractivity contribution in [3.63, 3.8) is 0 Å². The highest BCUT2D eigenvalue weighted by atomic mass is 19.1. The first-order valence-corrected chi connectivity index (χ1v) is 8.59. The molecule has 0 saturated carbocycles. The fourth-order valence-corrected chi connectivity index (χ4v) is 3.26. The molecule has 0 radical (unpaired) electrons. The lowest BCUT2D eigenvalue weighted by Gasteiger charge is -2.28. The third-order valence-corrected chi connectivity index (χ3v) is 4.62. The summed E-state index contributed by atoms with van der Waals surface area (Å²) in [6, 6.07) is 13.8. The summed E-state index contributed by atoms with van der Waals surface area (Å²) in [5.74, 6) is 0.156. The fraction of sp³-hybridized carbons (Fsp3) is 0.350. The minimum atomic E-state index is -0.404. The van der Waals surface area contributed by atoms with Crippen LogP contribution in [-0.4, -0.2) is 37.6 Å². The van der Waals surface area contributed by atoms with Gasteiger partial charge in [0.25, 0.3) is 5.91 Å². The monoisotopic (exact) mass is 342 g/mol.